The van der Waals surface area contributed by atoms with Crippen molar-refractivity contribution in [1.82, 2.24) is 9.97 Å². The van der Waals surface area contributed by atoms with E-state index in [0.29, 0.717) is 3.43 Å². The second kappa shape index (κ2) is 11.3. The maximum atomic E-state index is 5.29. The zero-order valence-corrected chi connectivity index (χ0v) is 17.7. The van der Waals surface area contributed by atoms with Gasteiger partial charge in [-0.15, -0.1) is 0 Å². The molecule has 0 unspecified atom stereocenters. The first-order valence-corrected chi connectivity index (χ1v) is 11.7. The van der Waals surface area contributed by atoms with E-state index < -0.39 is 21.1 Å². The van der Waals surface area contributed by atoms with Gasteiger partial charge in [0.1, 0.15) is 0 Å². The van der Waals surface area contributed by atoms with Gasteiger partial charge in [-0.3, -0.25) is 0 Å². The molecule has 0 fully saturated rings. The molecular formula is C18H32N2OSn. The van der Waals surface area contributed by atoms with Crippen molar-refractivity contribution in [1.29, 1.82) is 0 Å². The summed E-state index contributed by atoms with van der Waals surface area (Å²) in [5.74, 6) is 0.723. The number of hydrogen-bond donors (Lipinski definition) is 0. The Morgan fingerprint density at radius 3 is 1.95 bits per heavy atom. The average molecular weight is 411 g/mol. The SMILES string of the molecule is CCCC[C](CCCC)(CCCC)[Sn][c]1cc(OC)ncn1. The average Bonchev–Trinajstić information content (AvgIpc) is 2.56. The molecule has 0 aromatic carbocycles. The molecule has 0 saturated heterocycles. The molecule has 22 heavy (non-hydrogen) atoms. The molecule has 0 aliphatic carbocycles. The van der Waals surface area contributed by atoms with Crippen molar-refractivity contribution in [2.24, 2.45) is 0 Å². The molecule has 124 valence electrons. The summed E-state index contributed by atoms with van der Waals surface area (Å²) >= 11 is -0.760. The van der Waals surface area contributed by atoms with Gasteiger partial charge in [0, 0.05) is 0 Å². The Bertz CT molecular complexity index is 390. The molecule has 0 spiro atoms. The van der Waals surface area contributed by atoms with Crippen LogP contribution in [0.25, 0.3) is 0 Å². The fourth-order valence-corrected chi connectivity index (χ4v) is 7.94. The standard InChI is InChI=1S/C13H27.C5H5N2O.Sn/c1-4-7-10-13(11-8-5-2)12-9-6-3;1-8-5-2-3-6-4-7-5;/h4-12H2,1-3H3;2,4H,1H3;. The van der Waals surface area contributed by atoms with Gasteiger partial charge in [0.15, 0.2) is 0 Å². The Morgan fingerprint density at radius 2 is 1.50 bits per heavy atom. The summed E-state index contributed by atoms with van der Waals surface area (Å²) < 4.78 is 7.17. The summed E-state index contributed by atoms with van der Waals surface area (Å²) in [7, 11) is 1.69. The Hall–Kier alpha value is -0.321. The summed E-state index contributed by atoms with van der Waals surface area (Å²) in [5, 5.41) is 0. The van der Waals surface area contributed by atoms with E-state index in [4.69, 9.17) is 4.74 Å². The first kappa shape index (κ1) is 19.7. The molecule has 1 aromatic rings. The number of nitrogens with zero attached hydrogens (tertiary/aromatic N) is 2. The molecular weight excluding hydrogens is 379 g/mol. The Kier molecular flexibility index (Phi) is 10.1. The topological polar surface area (TPSA) is 35.0 Å². The molecule has 2 radical (unpaired) electrons. The predicted octanol–water partition coefficient (Wildman–Crippen LogP) is 4.54. The predicted molar refractivity (Wildman–Crippen MR) is 95.2 cm³/mol. The Balaban J connectivity index is 2.92. The van der Waals surface area contributed by atoms with Crippen LogP contribution < -0.4 is 8.45 Å². The first-order chi connectivity index (χ1) is 10.7. The van der Waals surface area contributed by atoms with Crippen LogP contribution in [0.2, 0.25) is 3.43 Å². The third-order valence-electron chi connectivity index (χ3n) is 4.27. The number of aromatic nitrogens is 2. The molecule has 3 nitrogen and oxygen atoms in total. The van der Waals surface area contributed by atoms with Crippen LogP contribution in [-0.2, 0) is 0 Å². The summed E-state index contributed by atoms with van der Waals surface area (Å²) in [6.45, 7) is 6.93. The van der Waals surface area contributed by atoms with Gasteiger partial charge in [0.25, 0.3) is 0 Å². The monoisotopic (exact) mass is 412 g/mol. The zero-order chi connectivity index (χ0) is 16.3. The number of hydrogen-bond acceptors (Lipinski definition) is 3. The van der Waals surface area contributed by atoms with E-state index >= 15 is 0 Å². The van der Waals surface area contributed by atoms with Crippen molar-refractivity contribution < 1.29 is 4.74 Å². The van der Waals surface area contributed by atoms with Crippen molar-refractivity contribution >= 4 is 24.9 Å². The van der Waals surface area contributed by atoms with E-state index in [1.807, 2.05) is 0 Å². The minimum atomic E-state index is -0.760. The molecule has 0 saturated carbocycles. The van der Waals surface area contributed by atoms with E-state index in [0.717, 1.165) is 5.88 Å². The number of rotatable bonds is 12. The van der Waals surface area contributed by atoms with Crippen LogP contribution >= 0.6 is 0 Å². The van der Waals surface area contributed by atoms with Crippen LogP contribution in [0.15, 0.2) is 12.4 Å². The van der Waals surface area contributed by atoms with Crippen molar-refractivity contribution in [3.8, 4) is 5.88 Å². The van der Waals surface area contributed by atoms with Gasteiger partial charge in [-0.2, -0.15) is 0 Å². The fraction of sp³-hybridized carbons (Fsp3) is 0.778. The molecule has 4 heteroatoms. The zero-order valence-electron chi connectivity index (χ0n) is 14.8. The Morgan fingerprint density at radius 1 is 0.955 bits per heavy atom. The van der Waals surface area contributed by atoms with E-state index in [-0.39, 0.29) is 0 Å². The number of ether oxygens (including phenoxy) is 1. The van der Waals surface area contributed by atoms with Gasteiger partial charge in [0.2, 0.25) is 0 Å². The van der Waals surface area contributed by atoms with Crippen molar-refractivity contribution in [3.05, 3.63) is 12.4 Å². The molecule has 0 aliphatic heterocycles. The quantitative estimate of drug-likeness (QED) is 0.474. The summed E-state index contributed by atoms with van der Waals surface area (Å²) in [4.78, 5) is 8.75. The Labute approximate surface area is 146 Å². The molecule has 0 bridgehead atoms. The van der Waals surface area contributed by atoms with Crippen molar-refractivity contribution in [2.45, 2.75) is 82.0 Å². The van der Waals surface area contributed by atoms with Gasteiger partial charge in [-0.05, 0) is 0 Å². The van der Waals surface area contributed by atoms with Gasteiger partial charge in [0.05, 0.1) is 0 Å². The molecule has 1 heterocycles. The molecule has 1 rings (SSSR count). The van der Waals surface area contributed by atoms with Crippen LogP contribution in [0.5, 0.6) is 5.88 Å². The third kappa shape index (κ3) is 6.84. The molecule has 0 amide bonds. The van der Waals surface area contributed by atoms with E-state index in [1.54, 1.807) is 13.4 Å². The van der Waals surface area contributed by atoms with Crippen LogP contribution in [0.4, 0.5) is 0 Å². The van der Waals surface area contributed by atoms with E-state index in [1.165, 1.54) is 61.5 Å². The van der Waals surface area contributed by atoms with Gasteiger partial charge >= 0.3 is 147 Å². The van der Waals surface area contributed by atoms with E-state index in [2.05, 4.69) is 36.8 Å². The van der Waals surface area contributed by atoms with Crippen LogP contribution in [-0.4, -0.2) is 38.2 Å². The molecule has 0 N–H and O–H groups in total. The molecule has 0 atom stereocenters. The first-order valence-electron chi connectivity index (χ1n) is 8.84. The summed E-state index contributed by atoms with van der Waals surface area (Å²) in [5.41, 5.74) is 0. The van der Waals surface area contributed by atoms with Crippen LogP contribution in [0.1, 0.15) is 78.6 Å². The van der Waals surface area contributed by atoms with Crippen molar-refractivity contribution in [3.63, 3.8) is 0 Å². The molecule has 0 aliphatic rings. The molecule has 1 aromatic heterocycles. The van der Waals surface area contributed by atoms with Crippen molar-refractivity contribution in [2.75, 3.05) is 7.11 Å². The normalized spacial score (nSPS) is 11.6. The third-order valence-corrected chi connectivity index (χ3v) is 9.44. The van der Waals surface area contributed by atoms with Crippen LogP contribution in [0.3, 0.4) is 0 Å². The second-order valence-corrected chi connectivity index (χ2v) is 11.4. The van der Waals surface area contributed by atoms with Crippen LogP contribution in [0, 0.1) is 0 Å². The van der Waals surface area contributed by atoms with Gasteiger partial charge in [-0.1, -0.05) is 0 Å². The summed E-state index contributed by atoms with van der Waals surface area (Å²) in [6, 6.07) is 2.09. The van der Waals surface area contributed by atoms with Gasteiger partial charge < -0.3 is 0 Å². The number of unbranched alkanes of at least 4 members (excludes halogenated alkanes) is 3. The number of methoxy groups -OCH3 is 1. The van der Waals surface area contributed by atoms with Gasteiger partial charge in [-0.25, -0.2) is 0 Å². The second-order valence-electron chi connectivity index (χ2n) is 6.16. The summed E-state index contributed by atoms with van der Waals surface area (Å²) in [6.07, 6.45) is 13.8. The minimum absolute atomic E-state index is 0.574. The fourth-order valence-electron chi connectivity index (χ4n) is 2.90. The maximum absolute atomic E-state index is 5.29. The van der Waals surface area contributed by atoms with E-state index in [9.17, 15) is 0 Å².